The number of carbonyl (C=O) groups excluding carboxylic acids is 2. The number of rotatable bonds is 2. The van der Waals surface area contributed by atoms with Gasteiger partial charge in [-0.25, -0.2) is 0 Å². The van der Waals surface area contributed by atoms with Crippen molar-refractivity contribution in [1.29, 1.82) is 0 Å². The minimum atomic E-state index is -0.366. The Labute approximate surface area is 108 Å². The molecule has 2 amide bonds. The first kappa shape index (κ1) is 14.3. The molecule has 2 aliphatic heterocycles. The average Bonchev–Trinajstić information content (AvgIpc) is 2.78. The Morgan fingerprint density at radius 2 is 2.00 bits per heavy atom. The van der Waals surface area contributed by atoms with E-state index in [-0.39, 0.29) is 36.2 Å². The number of nitrogens with zero attached hydrogens (tertiary/aromatic N) is 1. The van der Waals surface area contributed by atoms with Gasteiger partial charge >= 0.3 is 0 Å². The van der Waals surface area contributed by atoms with Crippen LogP contribution in [0.25, 0.3) is 0 Å². The first-order chi connectivity index (χ1) is 7.70. The standard InChI is InChI=1S/C11H19N3O2.ClH/c12-10(15)9-4-2-6-14(9)11(16)8-3-1-5-13-7-8;/h8-9,13H,1-7H2,(H2,12,15);1H/t8-,9?;/m1./s1. The van der Waals surface area contributed by atoms with Crippen LogP contribution in [0.1, 0.15) is 25.7 Å². The van der Waals surface area contributed by atoms with E-state index in [0.717, 1.165) is 38.8 Å². The van der Waals surface area contributed by atoms with Gasteiger partial charge in [0, 0.05) is 13.1 Å². The van der Waals surface area contributed by atoms with Crippen molar-refractivity contribution in [3.05, 3.63) is 0 Å². The lowest BCUT2D eigenvalue weighted by Gasteiger charge is -2.29. The van der Waals surface area contributed by atoms with Gasteiger partial charge in [-0.05, 0) is 32.2 Å². The van der Waals surface area contributed by atoms with Gasteiger partial charge in [-0.2, -0.15) is 0 Å². The number of nitrogens with one attached hydrogen (secondary N) is 1. The van der Waals surface area contributed by atoms with E-state index in [2.05, 4.69) is 5.32 Å². The van der Waals surface area contributed by atoms with Crippen LogP contribution < -0.4 is 11.1 Å². The average molecular weight is 262 g/mol. The molecule has 0 saturated carbocycles. The highest BCUT2D eigenvalue weighted by molar-refractivity contribution is 5.88. The van der Waals surface area contributed by atoms with Gasteiger partial charge in [0.15, 0.2) is 0 Å². The molecule has 2 aliphatic rings. The van der Waals surface area contributed by atoms with Crippen LogP contribution in [0.15, 0.2) is 0 Å². The zero-order chi connectivity index (χ0) is 11.5. The molecule has 0 aromatic heterocycles. The molecule has 6 heteroatoms. The van der Waals surface area contributed by atoms with Crippen LogP contribution >= 0.6 is 12.4 Å². The maximum absolute atomic E-state index is 12.2. The lowest BCUT2D eigenvalue weighted by Crippen LogP contribution is -2.48. The van der Waals surface area contributed by atoms with E-state index in [1.165, 1.54) is 0 Å². The lowest BCUT2D eigenvalue weighted by molar-refractivity contribution is -0.141. The molecule has 98 valence electrons. The van der Waals surface area contributed by atoms with Gasteiger partial charge in [-0.15, -0.1) is 12.4 Å². The largest absolute Gasteiger partial charge is 0.368 e. The van der Waals surface area contributed by atoms with Crippen LogP contribution in [0.2, 0.25) is 0 Å². The normalized spacial score (nSPS) is 28.6. The zero-order valence-corrected chi connectivity index (χ0v) is 10.7. The SMILES string of the molecule is Cl.NC(=O)C1CCCN1C(=O)[C@@H]1CCCNC1. The molecule has 2 heterocycles. The van der Waals surface area contributed by atoms with Crippen molar-refractivity contribution in [1.82, 2.24) is 10.2 Å². The fraction of sp³-hybridized carbons (Fsp3) is 0.818. The lowest BCUT2D eigenvalue weighted by atomic mass is 9.98. The molecule has 1 unspecified atom stereocenters. The summed E-state index contributed by atoms with van der Waals surface area (Å²) < 4.78 is 0. The Kier molecular flexibility index (Phi) is 5.21. The van der Waals surface area contributed by atoms with E-state index >= 15 is 0 Å². The minimum absolute atomic E-state index is 0. The van der Waals surface area contributed by atoms with Crippen molar-refractivity contribution in [3.8, 4) is 0 Å². The summed E-state index contributed by atoms with van der Waals surface area (Å²) >= 11 is 0. The molecule has 2 saturated heterocycles. The van der Waals surface area contributed by atoms with Gasteiger partial charge in [-0.1, -0.05) is 0 Å². The van der Waals surface area contributed by atoms with Gasteiger partial charge < -0.3 is 16.0 Å². The van der Waals surface area contributed by atoms with E-state index in [1.807, 2.05) is 0 Å². The van der Waals surface area contributed by atoms with E-state index in [9.17, 15) is 9.59 Å². The van der Waals surface area contributed by atoms with Gasteiger partial charge in [0.05, 0.1) is 5.92 Å². The third-order valence-electron chi connectivity index (χ3n) is 3.51. The van der Waals surface area contributed by atoms with Crippen LogP contribution in [0, 0.1) is 5.92 Å². The summed E-state index contributed by atoms with van der Waals surface area (Å²) in [5, 5.41) is 3.22. The smallest absolute Gasteiger partial charge is 0.240 e. The van der Waals surface area contributed by atoms with Crippen LogP contribution in [0.3, 0.4) is 0 Å². The summed E-state index contributed by atoms with van der Waals surface area (Å²) in [6, 6.07) is -0.366. The summed E-state index contributed by atoms with van der Waals surface area (Å²) in [4.78, 5) is 25.1. The molecular formula is C11H20ClN3O2. The monoisotopic (exact) mass is 261 g/mol. The molecule has 0 aromatic carbocycles. The molecule has 0 radical (unpaired) electrons. The van der Waals surface area contributed by atoms with E-state index in [0.29, 0.717) is 6.54 Å². The van der Waals surface area contributed by atoms with Crippen molar-refractivity contribution in [2.75, 3.05) is 19.6 Å². The molecule has 5 nitrogen and oxygen atoms in total. The highest BCUT2D eigenvalue weighted by atomic mass is 35.5. The zero-order valence-electron chi connectivity index (χ0n) is 9.85. The molecule has 2 fully saturated rings. The first-order valence-corrected chi connectivity index (χ1v) is 6.00. The molecule has 2 rings (SSSR count). The summed E-state index contributed by atoms with van der Waals surface area (Å²) in [6.07, 6.45) is 3.57. The van der Waals surface area contributed by atoms with Crippen molar-refractivity contribution >= 4 is 24.2 Å². The Morgan fingerprint density at radius 3 is 2.59 bits per heavy atom. The number of hydrogen-bond acceptors (Lipinski definition) is 3. The predicted octanol–water partition coefficient (Wildman–Crippen LogP) is -0.116. The second-order valence-corrected chi connectivity index (χ2v) is 4.64. The van der Waals surface area contributed by atoms with E-state index < -0.39 is 0 Å². The number of piperidine rings is 1. The number of nitrogens with two attached hydrogens (primary N) is 1. The quantitative estimate of drug-likeness (QED) is 0.728. The van der Waals surface area contributed by atoms with Crippen molar-refractivity contribution in [3.63, 3.8) is 0 Å². The maximum Gasteiger partial charge on any atom is 0.240 e. The minimum Gasteiger partial charge on any atom is -0.368 e. The third-order valence-corrected chi connectivity index (χ3v) is 3.51. The Balaban J connectivity index is 0.00000144. The van der Waals surface area contributed by atoms with Crippen LogP contribution in [0.5, 0.6) is 0 Å². The Bertz CT molecular complexity index is 292. The number of carbonyl (C=O) groups is 2. The first-order valence-electron chi connectivity index (χ1n) is 6.00. The van der Waals surface area contributed by atoms with E-state index in [4.69, 9.17) is 5.73 Å². The molecule has 0 aliphatic carbocycles. The molecule has 17 heavy (non-hydrogen) atoms. The number of likely N-dealkylation sites (tertiary alicyclic amines) is 1. The Morgan fingerprint density at radius 1 is 1.24 bits per heavy atom. The van der Waals surface area contributed by atoms with Gasteiger partial charge in [0.25, 0.3) is 0 Å². The van der Waals surface area contributed by atoms with Crippen molar-refractivity contribution < 1.29 is 9.59 Å². The van der Waals surface area contributed by atoms with Gasteiger partial charge in [0.2, 0.25) is 11.8 Å². The summed E-state index contributed by atoms with van der Waals surface area (Å²) in [5.74, 6) is -0.225. The van der Waals surface area contributed by atoms with Crippen LogP contribution in [0.4, 0.5) is 0 Å². The Hall–Kier alpha value is -0.810. The van der Waals surface area contributed by atoms with Crippen molar-refractivity contribution in [2.24, 2.45) is 11.7 Å². The summed E-state index contributed by atoms with van der Waals surface area (Å²) in [6.45, 7) is 2.41. The van der Waals surface area contributed by atoms with E-state index in [1.54, 1.807) is 4.90 Å². The molecule has 2 atom stereocenters. The number of hydrogen-bond donors (Lipinski definition) is 2. The summed E-state index contributed by atoms with van der Waals surface area (Å²) in [7, 11) is 0. The highest BCUT2D eigenvalue weighted by Gasteiger charge is 2.36. The highest BCUT2D eigenvalue weighted by Crippen LogP contribution is 2.22. The molecule has 3 N–H and O–H groups in total. The maximum atomic E-state index is 12.2. The van der Waals surface area contributed by atoms with Gasteiger partial charge in [-0.3, -0.25) is 9.59 Å². The number of amides is 2. The third kappa shape index (κ3) is 3.10. The fourth-order valence-corrected chi connectivity index (χ4v) is 2.62. The van der Waals surface area contributed by atoms with Crippen LogP contribution in [-0.4, -0.2) is 42.4 Å². The molecule has 0 bridgehead atoms. The molecule has 0 spiro atoms. The summed E-state index contributed by atoms with van der Waals surface area (Å²) in [5.41, 5.74) is 5.31. The fourth-order valence-electron chi connectivity index (χ4n) is 2.62. The van der Waals surface area contributed by atoms with Crippen molar-refractivity contribution in [2.45, 2.75) is 31.7 Å². The number of halogens is 1. The van der Waals surface area contributed by atoms with Gasteiger partial charge in [0.1, 0.15) is 6.04 Å². The molecular weight excluding hydrogens is 242 g/mol. The number of primary amides is 1. The predicted molar refractivity (Wildman–Crippen MR) is 66.8 cm³/mol. The second kappa shape index (κ2) is 6.21. The second-order valence-electron chi connectivity index (χ2n) is 4.64. The topological polar surface area (TPSA) is 75.4 Å². The molecule has 0 aromatic rings. The van der Waals surface area contributed by atoms with Crippen LogP contribution in [-0.2, 0) is 9.59 Å².